The molecule has 156 valence electrons. The van der Waals surface area contributed by atoms with E-state index < -0.39 is 0 Å². The van der Waals surface area contributed by atoms with Gasteiger partial charge in [-0.15, -0.1) is 0 Å². The van der Waals surface area contributed by atoms with E-state index in [1.54, 1.807) is 17.7 Å². The summed E-state index contributed by atoms with van der Waals surface area (Å²) in [6.07, 6.45) is 3.25. The number of likely N-dealkylation sites (tertiary alicyclic amines) is 1. The molecule has 1 atom stereocenters. The highest BCUT2D eigenvalue weighted by atomic mass is 32.2. The van der Waals surface area contributed by atoms with E-state index in [-0.39, 0.29) is 23.3 Å². The van der Waals surface area contributed by atoms with E-state index in [1.807, 2.05) is 47.4 Å². The van der Waals surface area contributed by atoms with Crippen molar-refractivity contribution in [1.29, 1.82) is 0 Å². The number of hydrogen-bond donors (Lipinski definition) is 0. The van der Waals surface area contributed by atoms with Gasteiger partial charge in [0.15, 0.2) is 5.16 Å². The second kappa shape index (κ2) is 8.92. The van der Waals surface area contributed by atoms with E-state index in [1.165, 1.54) is 11.8 Å². The summed E-state index contributed by atoms with van der Waals surface area (Å²) in [6.45, 7) is 2.89. The highest BCUT2D eigenvalue weighted by Crippen LogP contribution is 2.27. The van der Waals surface area contributed by atoms with Crippen molar-refractivity contribution in [2.45, 2.75) is 37.4 Å². The Morgan fingerprint density at radius 3 is 2.73 bits per heavy atom. The quantitative estimate of drug-likeness (QED) is 0.460. The van der Waals surface area contributed by atoms with Crippen molar-refractivity contribution < 1.29 is 9.53 Å². The molecule has 1 amide bonds. The maximum absolute atomic E-state index is 13.4. The fourth-order valence-corrected chi connectivity index (χ4v) is 4.81. The monoisotopic (exact) mass is 423 g/mol. The van der Waals surface area contributed by atoms with Gasteiger partial charge in [-0.05, 0) is 50.5 Å². The highest BCUT2D eigenvalue weighted by Gasteiger charge is 2.24. The number of para-hydroxylation sites is 3. The lowest BCUT2D eigenvalue weighted by molar-refractivity contribution is -0.131. The van der Waals surface area contributed by atoms with Crippen LogP contribution in [0.2, 0.25) is 0 Å². The van der Waals surface area contributed by atoms with Crippen LogP contribution in [0.1, 0.15) is 26.2 Å². The van der Waals surface area contributed by atoms with Gasteiger partial charge in [0.05, 0.1) is 29.5 Å². The van der Waals surface area contributed by atoms with Gasteiger partial charge < -0.3 is 9.64 Å². The molecule has 1 saturated heterocycles. The maximum atomic E-state index is 13.4. The number of hydrogen-bond acceptors (Lipinski definition) is 5. The molecule has 7 heteroatoms. The first kappa shape index (κ1) is 20.5. The number of thioether (sulfide) groups is 1. The normalized spacial score (nSPS) is 16.6. The third kappa shape index (κ3) is 3.94. The Hall–Kier alpha value is -2.80. The number of fused-ring (bicyclic) bond motifs is 1. The van der Waals surface area contributed by atoms with Crippen LogP contribution < -0.4 is 10.3 Å². The summed E-state index contributed by atoms with van der Waals surface area (Å²) < 4.78 is 7.04. The summed E-state index contributed by atoms with van der Waals surface area (Å²) in [7, 11) is 1.58. The fourth-order valence-electron chi connectivity index (χ4n) is 3.91. The molecule has 3 aromatic rings. The molecule has 1 aliphatic rings. The van der Waals surface area contributed by atoms with Gasteiger partial charge >= 0.3 is 0 Å². The van der Waals surface area contributed by atoms with Crippen LogP contribution in [0.4, 0.5) is 0 Å². The van der Waals surface area contributed by atoms with Crippen LogP contribution in [-0.4, -0.2) is 45.8 Å². The zero-order chi connectivity index (χ0) is 21.1. The molecule has 0 radical (unpaired) electrons. The van der Waals surface area contributed by atoms with Crippen molar-refractivity contribution in [3.63, 3.8) is 0 Å². The Morgan fingerprint density at radius 1 is 1.17 bits per heavy atom. The second-order valence-electron chi connectivity index (χ2n) is 7.44. The number of aromatic nitrogens is 2. The minimum absolute atomic E-state index is 0.0844. The van der Waals surface area contributed by atoms with Crippen LogP contribution in [0.3, 0.4) is 0 Å². The lowest BCUT2D eigenvalue weighted by Gasteiger charge is -2.33. The summed E-state index contributed by atoms with van der Waals surface area (Å²) in [5.41, 5.74) is 1.06. The lowest BCUT2D eigenvalue weighted by atomic mass is 10.0. The molecule has 30 heavy (non-hydrogen) atoms. The smallest absolute Gasteiger partial charge is 0.266 e. The van der Waals surface area contributed by atoms with Gasteiger partial charge in [-0.3, -0.25) is 14.2 Å². The number of piperidine rings is 1. The Kier molecular flexibility index (Phi) is 6.08. The summed E-state index contributed by atoms with van der Waals surface area (Å²) in [6, 6.07) is 14.9. The number of carbonyl (C=O) groups excluding carboxylic acids is 1. The summed E-state index contributed by atoms with van der Waals surface area (Å²) in [5, 5.41) is 1.02. The van der Waals surface area contributed by atoms with Crippen LogP contribution in [0, 0.1) is 0 Å². The number of benzene rings is 2. The van der Waals surface area contributed by atoms with Gasteiger partial charge in [-0.25, -0.2) is 4.98 Å². The van der Waals surface area contributed by atoms with Gasteiger partial charge in [0.1, 0.15) is 5.75 Å². The maximum Gasteiger partial charge on any atom is 0.266 e. The number of carbonyl (C=O) groups is 1. The van der Waals surface area contributed by atoms with Crippen molar-refractivity contribution in [1.82, 2.24) is 14.5 Å². The molecule has 1 aromatic heterocycles. The lowest BCUT2D eigenvalue weighted by Crippen LogP contribution is -2.43. The first-order chi connectivity index (χ1) is 14.6. The molecule has 0 N–H and O–H groups in total. The van der Waals surface area contributed by atoms with E-state index in [0.717, 1.165) is 25.8 Å². The van der Waals surface area contributed by atoms with Crippen molar-refractivity contribution in [3.05, 3.63) is 58.9 Å². The van der Waals surface area contributed by atoms with E-state index in [9.17, 15) is 9.59 Å². The van der Waals surface area contributed by atoms with Gasteiger partial charge in [-0.2, -0.15) is 0 Å². The third-order valence-electron chi connectivity index (χ3n) is 5.52. The Balaban J connectivity index is 1.75. The van der Waals surface area contributed by atoms with E-state index in [4.69, 9.17) is 9.72 Å². The average molecular weight is 424 g/mol. The average Bonchev–Trinajstić information content (AvgIpc) is 2.78. The van der Waals surface area contributed by atoms with Crippen LogP contribution in [0.15, 0.2) is 58.5 Å². The third-order valence-corrected chi connectivity index (χ3v) is 6.44. The van der Waals surface area contributed by atoms with Gasteiger partial charge in [0.25, 0.3) is 5.56 Å². The molecule has 1 aliphatic heterocycles. The highest BCUT2D eigenvalue weighted by molar-refractivity contribution is 7.99. The van der Waals surface area contributed by atoms with Crippen LogP contribution in [0.5, 0.6) is 5.75 Å². The predicted molar refractivity (Wildman–Crippen MR) is 120 cm³/mol. The molecule has 0 saturated carbocycles. The van der Waals surface area contributed by atoms with Gasteiger partial charge in [0, 0.05) is 12.6 Å². The van der Waals surface area contributed by atoms with Gasteiger partial charge in [-0.1, -0.05) is 36.0 Å². The molecule has 0 aliphatic carbocycles. The molecule has 0 spiro atoms. The van der Waals surface area contributed by atoms with Crippen molar-refractivity contribution in [2.24, 2.45) is 0 Å². The summed E-state index contributed by atoms with van der Waals surface area (Å²) in [4.78, 5) is 32.9. The van der Waals surface area contributed by atoms with E-state index in [2.05, 4.69) is 6.92 Å². The van der Waals surface area contributed by atoms with E-state index >= 15 is 0 Å². The molecular weight excluding hydrogens is 398 g/mol. The molecule has 1 unspecified atom stereocenters. The van der Waals surface area contributed by atoms with Crippen molar-refractivity contribution in [3.8, 4) is 11.4 Å². The number of ether oxygens (including phenoxy) is 1. The first-order valence-electron chi connectivity index (χ1n) is 10.2. The molecule has 2 heterocycles. The molecular formula is C23H25N3O3S. The SMILES string of the molecule is COc1ccccc1-n1c(SCC(=O)N2CCCCC2C)nc2ccccc2c1=O. The van der Waals surface area contributed by atoms with Crippen molar-refractivity contribution >= 4 is 28.6 Å². The molecule has 1 fully saturated rings. The molecule has 6 nitrogen and oxygen atoms in total. The van der Waals surface area contributed by atoms with Crippen molar-refractivity contribution in [2.75, 3.05) is 19.4 Å². The number of amides is 1. The number of methoxy groups -OCH3 is 1. The summed E-state index contributed by atoms with van der Waals surface area (Å²) >= 11 is 1.30. The molecule has 2 aromatic carbocycles. The van der Waals surface area contributed by atoms with Gasteiger partial charge in [0.2, 0.25) is 5.91 Å². The largest absolute Gasteiger partial charge is 0.495 e. The zero-order valence-electron chi connectivity index (χ0n) is 17.2. The standard InChI is InChI=1S/C23H25N3O3S/c1-16-9-7-8-14-25(16)21(27)15-30-23-24-18-11-4-3-10-17(18)22(28)26(23)19-12-5-6-13-20(19)29-2/h3-6,10-13,16H,7-9,14-15H2,1-2H3. The summed E-state index contributed by atoms with van der Waals surface area (Å²) in [5.74, 6) is 0.903. The number of rotatable bonds is 5. The Labute approximate surface area is 179 Å². The Morgan fingerprint density at radius 2 is 1.93 bits per heavy atom. The second-order valence-corrected chi connectivity index (χ2v) is 8.39. The Bertz CT molecular complexity index is 1130. The molecule has 0 bridgehead atoms. The minimum atomic E-state index is -0.175. The number of nitrogens with zero attached hydrogens (tertiary/aromatic N) is 3. The topological polar surface area (TPSA) is 64.4 Å². The minimum Gasteiger partial charge on any atom is -0.495 e. The zero-order valence-corrected chi connectivity index (χ0v) is 18.0. The predicted octanol–water partition coefficient (Wildman–Crippen LogP) is 3.89. The van der Waals surface area contributed by atoms with Crippen LogP contribution in [-0.2, 0) is 4.79 Å². The van der Waals surface area contributed by atoms with Crippen LogP contribution >= 0.6 is 11.8 Å². The fraction of sp³-hybridized carbons (Fsp3) is 0.348. The first-order valence-corrected chi connectivity index (χ1v) is 11.2. The van der Waals surface area contributed by atoms with E-state index in [0.29, 0.717) is 27.5 Å². The van der Waals surface area contributed by atoms with Crippen LogP contribution in [0.25, 0.3) is 16.6 Å². The molecule has 4 rings (SSSR count).